The first-order valence-corrected chi connectivity index (χ1v) is 5.61. The maximum absolute atomic E-state index is 5.76. The molecule has 2 N–H and O–H groups in total. The van der Waals surface area contributed by atoms with Crippen LogP contribution in [0, 0.1) is 0 Å². The van der Waals surface area contributed by atoms with Crippen LogP contribution in [0.25, 0.3) is 0 Å². The Morgan fingerprint density at radius 1 is 1.62 bits per heavy atom. The van der Waals surface area contributed by atoms with Gasteiger partial charge in [-0.2, -0.15) is 0 Å². The lowest BCUT2D eigenvalue weighted by Gasteiger charge is -2.25. The molecule has 1 unspecified atom stereocenters. The maximum Gasteiger partial charge on any atom is 0.0561 e. The van der Waals surface area contributed by atoms with Crippen molar-refractivity contribution in [2.24, 2.45) is 5.73 Å². The van der Waals surface area contributed by atoms with Crippen LogP contribution in [0.15, 0.2) is 17.5 Å². The van der Waals surface area contributed by atoms with E-state index >= 15 is 0 Å². The average Bonchev–Trinajstić information content (AvgIpc) is 2.59. The number of nitrogens with two attached hydrogens (primary N) is 1. The Labute approximate surface area is 84.4 Å². The minimum absolute atomic E-state index is 0.403. The molecular formula is C10H18N2S. The van der Waals surface area contributed by atoms with E-state index in [-0.39, 0.29) is 0 Å². The van der Waals surface area contributed by atoms with E-state index in [9.17, 15) is 0 Å². The highest BCUT2D eigenvalue weighted by Gasteiger charge is 2.14. The number of hydrogen-bond donors (Lipinski definition) is 1. The second-order valence-electron chi connectivity index (χ2n) is 3.25. The minimum Gasteiger partial charge on any atom is -0.329 e. The molecule has 0 radical (unpaired) electrons. The lowest BCUT2D eigenvalue weighted by Crippen LogP contribution is -2.30. The zero-order valence-electron chi connectivity index (χ0n) is 8.36. The summed E-state index contributed by atoms with van der Waals surface area (Å²) in [5.74, 6) is 0. The Morgan fingerprint density at radius 2 is 2.38 bits per heavy atom. The van der Waals surface area contributed by atoms with Crippen LogP contribution in [0.3, 0.4) is 0 Å². The average molecular weight is 198 g/mol. The van der Waals surface area contributed by atoms with Crippen molar-refractivity contribution < 1.29 is 0 Å². The summed E-state index contributed by atoms with van der Waals surface area (Å²) in [6.45, 7) is 4.01. The second kappa shape index (κ2) is 5.37. The number of nitrogens with zero attached hydrogens (tertiary/aromatic N) is 1. The van der Waals surface area contributed by atoms with Crippen LogP contribution < -0.4 is 5.73 Å². The number of likely N-dealkylation sites (N-methyl/N-ethyl adjacent to an activating group) is 1. The monoisotopic (exact) mass is 198 g/mol. The smallest absolute Gasteiger partial charge is 0.0561 e. The van der Waals surface area contributed by atoms with E-state index in [0.717, 1.165) is 6.54 Å². The Bertz CT molecular complexity index is 221. The van der Waals surface area contributed by atoms with Gasteiger partial charge in [0.25, 0.3) is 0 Å². The van der Waals surface area contributed by atoms with Gasteiger partial charge in [-0.15, -0.1) is 11.3 Å². The molecule has 0 aliphatic carbocycles. The molecule has 3 heteroatoms. The molecule has 74 valence electrons. The fourth-order valence-corrected chi connectivity index (χ4v) is 2.41. The topological polar surface area (TPSA) is 29.3 Å². The third-order valence-corrected chi connectivity index (χ3v) is 3.18. The lowest BCUT2D eigenvalue weighted by molar-refractivity contribution is 0.254. The van der Waals surface area contributed by atoms with Crippen molar-refractivity contribution in [3.63, 3.8) is 0 Å². The second-order valence-corrected chi connectivity index (χ2v) is 4.23. The molecule has 0 saturated carbocycles. The van der Waals surface area contributed by atoms with E-state index in [4.69, 9.17) is 5.73 Å². The Hall–Kier alpha value is -0.380. The van der Waals surface area contributed by atoms with Crippen LogP contribution in [0.4, 0.5) is 0 Å². The molecule has 0 bridgehead atoms. The molecule has 0 aliphatic rings. The van der Waals surface area contributed by atoms with Crippen molar-refractivity contribution in [3.05, 3.63) is 22.4 Å². The van der Waals surface area contributed by atoms with Crippen molar-refractivity contribution in [2.45, 2.75) is 19.4 Å². The van der Waals surface area contributed by atoms with E-state index in [1.807, 2.05) is 0 Å². The van der Waals surface area contributed by atoms with E-state index < -0.39 is 0 Å². The third-order valence-electron chi connectivity index (χ3n) is 2.20. The van der Waals surface area contributed by atoms with Crippen molar-refractivity contribution in [1.29, 1.82) is 0 Å². The van der Waals surface area contributed by atoms with Gasteiger partial charge in [0, 0.05) is 11.4 Å². The Balaban J connectivity index is 2.62. The molecule has 0 amide bonds. The predicted molar refractivity (Wildman–Crippen MR) is 59.0 cm³/mol. The van der Waals surface area contributed by atoms with E-state index in [0.29, 0.717) is 12.6 Å². The quantitative estimate of drug-likeness (QED) is 0.785. The largest absolute Gasteiger partial charge is 0.329 e. The molecule has 0 aromatic carbocycles. The summed E-state index contributed by atoms with van der Waals surface area (Å²) in [7, 11) is 2.14. The third kappa shape index (κ3) is 2.79. The Kier molecular flexibility index (Phi) is 4.42. The summed E-state index contributed by atoms with van der Waals surface area (Å²) >= 11 is 1.79. The fourth-order valence-electron chi connectivity index (χ4n) is 1.50. The summed E-state index contributed by atoms with van der Waals surface area (Å²) in [6.07, 6.45) is 1.18. The Morgan fingerprint density at radius 3 is 2.85 bits per heavy atom. The van der Waals surface area contributed by atoms with Crippen molar-refractivity contribution in [2.75, 3.05) is 20.1 Å². The summed E-state index contributed by atoms with van der Waals surface area (Å²) < 4.78 is 0. The molecule has 13 heavy (non-hydrogen) atoms. The molecular weight excluding hydrogens is 180 g/mol. The van der Waals surface area contributed by atoms with Crippen LogP contribution in [-0.2, 0) is 0 Å². The molecule has 0 spiro atoms. The fraction of sp³-hybridized carbons (Fsp3) is 0.600. The standard InChI is InChI=1S/C10H18N2S/c1-3-6-12(2)9(8-11)10-5-4-7-13-10/h4-5,7,9H,3,6,8,11H2,1-2H3. The molecule has 1 heterocycles. The molecule has 0 fully saturated rings. The van der Waals surface area contributed by atoms with Crippen molar-refractivity contribution in [3.8, 4) is 0 Å². The highest BCUT2D eigenvalue weighted by atomic mass is 32.1. The van der Waals surface area contributed by atoms with Gasteiger partial charge in [0.05, 0.1) is 6.04 Å². The van der Waals surface area contributed by atoms with Crippen molar-refractivity contribution in [1.82, 2.24) is 4.90 Å². The maximum atomic E-state index is 5.76. The molecule has 1 aromatic rings. The number of rotatable bonds is 5. The van der Waals surface area contributed by atoms with Gasteiger partial charge < -0.3 is 5.73 Å². The van der Waals surface area contributed by atoms with E-state index in [1.165, 1.54) is 11.3 Å². The van der Waals surface area contributed by atoms with Gasteiger partial charge in [-0.25, -0.2) is 0 Å². The van der Waals surface area contributed by atoms with Gasteiger partial charge in [-0.05, 0) is 31.5 Å². The molecule has 0 aliphatic heterocycles. The zero-order valence-corrected chi connectivity index (χ0v) is 9.18. The molecule has 1 rings (SSSR count). The minimum atomic E-state index is 0.403. The number of hydrogen-bond acceptors (Lipinski definition) is 3. The molecule has 1 atom stereocenters. The van der Waals surface area contributed by atoms with Crippen LogP contribution in [0.1, 0.15) is 24.3 Å². The van der Waals surface area contributed by atoms with Gasteiger partial charge in [0.2, 0.25) is 0 Å². The van der Waals surface area contributed by atoms with Crippen LogP contribution in [-0.4, -0.2) is 25.0 Å². The number of thiophene rings is 1. The zero-order chi connectivity index (χ0) is 9.68. The molecule has 2 nitrogen and oxygen atoms in total. The SMILES string of the molecule is CCCN(C)C(CN)c1cccs1. The summed E-state index contributed by atoms with van der Waals surface area (Å²) in [5, 5.41) is 2.11. The first kappa shape index (κ1) is 10.7. The first-order valence-electron chi connectivity index (χ1n) is 4.73. The van der Waals surface area contributed by atoms with Gasteiger partial charge in [-0.1, -0.05) is 13.0 Å². The van der Waals surface area contributed by atoms with Gasteiger partial charge in [0.1, 0.15) is 0 Å². The van der Waals surface area contributed by atoms with Gasteiger partial charge >= 0.3 is 0 Å². The highest BCUT2D eigenvalue weighted by Crippen LogP contribution is 2.22. The molecule has 1 aromatic heterocycles. The summed E-state index contributed by atoms with van der Waals surface area (Å²) in [4.78, 5) is 3.70. The highest BCUT2D eigenvalue weighted by molar-refractivity contribution is 7.10. The van der Waals surface area contributed by atoms with Crippen LogP contribution >= 0.6 is 11.3 Å². The van der Waals surface area contributed by atoms with Crippen LogP contribution in [0.5, 0.6) is 0 Å². The predicted octanol–water partition coefficient (Wildman–Crippen LogP) is 2.09. The van der Waals surface area contributed by atoms with Gasteiger partial charge in [-0.3, -0.25) is 4.90 Å². The van der Waals surface area contributed by atoms with Crippen molar-refractivity contribution >= 4 is 11.3 Å². The van der Waals surface area contributed by atoms with Crippen LogP contribution in [0.2, 0.25) is 0 Å². The van der Waals surface area contributed by atoms with Gasteiger partial charge in [0.15, 0.2) is 0 Å². The molecule has 0 saturated heterocycles. The lowest BCUT2D eigenvalue weighted by atomic mass is 10.2. The summed E-state index contributed by atoms with van der Waals surface area (Å²) in [6, 6.07) is 4.65. The first-order chi connectivity index (χ1) is 6.29. The normalized spacial score (nSPS) is 13.5. The van der Waals surface area contributed by atoms with E-state index in [1.54, 1.807) is 11.3 Å². The van der Waals surface area contributed by atoms with E-state index in [2.05, 4.69) is 36.4 Å². The summed E-state index contributed by atoms with van der Waals surface area (Å²) in [5.41, 5.74) is 5.76.